The molecule has 0 aliphatic carbocycles. The van der Waals surface area contributed by atoms with E-state index < -0.39 is 11.1 Å². The van der Waals surface area contributed by atoms with Crippen LogP contribution in [0.25, 0.3) is 0 Å². The highest BCUT2D eigenvalue weighted by Gasteiger charge is 2.35. The maximum absolute atomic E-state index is 13.1. The van der Waals surface area contributed by atoms with Crippen LogP contribution in [0.3, 0.4) is 0 Å². The molecule has 3 rings (SSSR count). The number of hydrogen-bond donors (Lipinski definition) is 1. The summed E-state index contributed by atoms with van der Waals surface area (Å²) in [5, 5.41) is 3.36. The highest BCUT2D eigenvalue weighted by atomic mass is 35.5. The van der Waals surface area contributed by atoms with Crippen molar-refractivity contribution in [1.29, 1.82) is 0 Å². The molecule has 1 atom stereocenters. The van der Waals surface area contributed by atoms with Crippen molar-refractivity contribution in [3.8, 4) is 0 Å². The molecule has 9 heteroatoms. The Morgan fingerprint density at radius 2 is 1.90 bits per heavy atom. The molecule has 5 nitrogen and oxygen atoms in total. The van der Waals surface area contributed by atoms with Crippen LogP contribution in [-0.4, -0.2) is 33.7 Å². The Bertz CT molecular complexity index is 949. The molecule has 0 bridgehead atoms. The Hall–Kier alpha value is -2.09. The van der Waals surface area contributed by atoms with Gasteiger partial charge in [-0.1, -0.05) is 48.3 Å². The van der Waals surface area contributed by atoms with Gasteiger partial charge in [0.05, 0.1) is 5.69 Å². The molecule has 158 valence electrons. The van der Waals surface area contributed by atoms with Crippen molar-refractivity contribution in [2.45, 2.75) is 31.4 Å². The molecule has 1 aliphatic heterocycles. The Morgan fingerprint density at radius 1 is 1.23 bits per heavy atom. The summed E-state index contributed by atoms with van der Waals surface area (Å²) in [6.07, 6.45) is 1.78. The molecule has 1 fully saturated rings. The van der Waals surface area contributed by atoms with Crippen molar-refractivity contribution in [3.05, 3.63) is 58.3 Å². The monoisotopic (exact) mass is 467 g/mol. The van der Waals surface area contributed by atoms with Crippen LogP contribution in [-0.2, 0) is 9.59 Å². The lowest BCUT2D eigenvalue weighted by Crippen LogP contribution is -2.45. The minimum absolute atomic E-state index is 0.0523. The predicted octanol–water partition coefficient (Wildman–Crippen LogP) is 5.89. The van der Waals surface area contributed by atoms with Crippen molar-refractivity contribution in [1.82, 2.24) is 4.90 Å². The van der Waals surface area contributed by atoms with Gasteiger partial charge in [-0.05, 0) is 48.9 Å². The molecule has 30 heavy (non-hydrogen) atoms. The van der Waals surface area contributed by atoms with Gasteiger partial charge in [-0.15, -0.1) is 0 Å². The Kier molecular flexibility index (Phi) is 7.75. The van der Waals surface area contributed by atoms with Gasteiger partial charge in [-0.25, -0.2) is 9.38 Å². The van der Waals surface area contributed by atoms with E-state index in [9.17, 15) is 14.0 Å². The third-order valence-corrected chi connectivity index (χ3v) is 5.98. The molecule has 1 aliphatic rings. The van der Waals surface area contributed by atoms with Crippen LogP contribution in [0.1, 0.15) is 26.2 Å². The Balaban J connectivity index is 1.84. The fraction of sp³-hybridized carbons (Fsp3) is 0.286. The number of hydrogen-bond acceptors (Lipinski definition) is 4. The van der Waals surface area contributed by atoms with Crippen molar-refractivity contribution in [2.75, 3.05) is 11.9 Å². The lowest BCUT2D eigenvalue weighted by Gasteiger charge is -2.31. The summed E-state index contributed by atoms with van der Waals surface area (Å²) in [7, 11) is 0. The number of thioether (sulfide) groups is 1. The fourth-order valence-corrected chi connectivity index (χ4v) is 4.49. The summed E-state index contributed by atoms with van der Waals surface area (Å²) in [4.78, 5) is 31.7. The average Bonchev–Trinajstić information content (AvgIpc) is 2.68. The number of carbonyl (C=O) groups excluding carboxylic acids is 2. The first-order valence-electron chi connectivity index (χ1n) is 9.44. The molecule has 1 heterocycles. The number of rotatable bonds is 6. The zero-order chi connectivity index (χ0) is 21.7. The van der Waals surface area contributed by atoms with Crippen LogP contribution < -0.4 is 5.32 Å². The zero-order valence-corrected chi connectivity index (χ0v) is 18.5. The van der Waals surface area contributed by atoms with Gasteiger partial charge in [0, 0.05) is 28.7 Å². The number of nitrogens with one attached hydrogen (secondary N) is 1. The largest absolute Gasteiger partial charge is 0.325 e. The van der Waals surface area contributed by atoms with E-state index in [2.05, 4.69) is 10.3 Å². The molecular formula is C21H20Cl2FN3O2S. The summed E-state index contributed by atoms with van der Waals surface area (Å²) >= 11 is 13.3. The minimum Gasteiger partial charge on any atom is -0.325 e. The Labute approximate surface area is 188 Å². The van der Waals surface area contributed by atoms with E-state index in [4.69, 9.17) is 23.2 Å². The predicted molar refractivity (Wildman–Crippen MR) is 121 cm³/mol. The van der Waals surface area contributed by atoms with Crippen molar-refractivity contribution in [3.63, 3.8) is 0 Å². The van der Waals surface area contributed by atoms with Gasteiger partial charge in [0.2, 0.25) is 11.8 Å². The smallest absolute Gasteiger partial charge is 0.238 e. The number of nitrogens with zero attached hydrogens (tertiary/aromatic N) is 2. The van der Waals surface area contributed by atoms with Crippen LogP contribution in [0.2, 0.25) is 10.0 Å². The van der Waals surface area contributed by atoms with Crippen LogP contribution >= 0.6 is 35.0 Å². The van der Waals surface area contributed by atoms with E-state index >= 15 is 0 Å². The van der Waals surface area contributed by atoms with Crippen molar-refractivity contribution < 1.29 is 14.0 Å². The summed E-state index contributed by atoms with van der Waals surface area (Å²) in [5.74, 6) is -0.906. The molecule has 1 unspecified atom stereocenters. The second-order valence-corrected chi connectivity index (χ2v) is 8.77. The van der Waals surface area contributed by atoms with E-state index in [-0.39, 0.29) is 18.2 Å². The maximum Gasteiger partial charge on any atom is 0.238 e. The summed E-state index contributed by atoms with van der Waals surface area (Å²) in [6, 6.07) is 10.4. The van der Waals surface area contributed by atoms with E-state index in [1.54, 1.807) is 23.1 Å². The fourth-order valence-electron chi connectivity index (χ4n) is 2.85. The van der Waals surface area contributed by atoms with Gasteiger partial charge in [-0.3, -0.25) is 14.5 Å². The molecule has 2 aromatic rings. The van der Waals surface area contributed by atoms with Crippen LogP contribution in [0.15, 0.2) is 47.5 Å². The van der Waals surface area contributed by atoms with Crippen LogP contribution in [0, 0.1) is 5.82 Å². The van der Waals surface area contributed by atoms with E-state index in [0.29, 0.717) is 33.1 Å². The average molecular weight is 468 g/mol. The summed E-state index contributed by atoms with van der Waals surface area (Å²) < 4.78 is 13.1. The van der Waals surface area contributed by atoms with Crippen LogP contribution in [0.4, 0.5) is 15.8 Å². The van der Waals surface area contributed by atoms with E-state index in [1.807, 2.05) is 6.92 Å². The first-order chi connectivity index (χ1) is 14.4. The first-order valence-corrected chi connectivity index (χ1v) is 11.1. The third kappa shape index (κ3) is 5.97. The maximum atomic E-state index is 13.1. The highest BCUT2D eigenvalue weighted by Crippen LogP contribution is 2.32. The molecule has 2 amide bonds. The molecule has 0 spiro atoms. The van der Waals surface area contributed by atoms with Gasteiger partial charge >= 0.3 is 0 Å². The highest BCUT2D eigenvalue weighted by molar-refractivity contribution is 8.15. The first kappa shape index (κ1) is 22.6. The van der Waals surface area contributed by atoms with E-state index in [1.165, 1.54) is 36.0 Å². The number of aliphatic imine (C=N–C) groups is 1. The van der Waals surface area contributed by atoms with Gasteiger partial charge < -0.3 is 5.32 Å². The molecule has 0 saturated carbocycles. The second kappa shape index (κ2) is 10.3. The molecule has 1 N–H and O–H groups in total. The summed E-state index contributed by atoms with van der Waals surface area (Å²) in [6.45, 7) is 2.55. The second-order valence-electron chi connectivity index (χ2n) is 6.73. The quantitative estimate of drug-likeness (QED) is 0.575. The molecule has 0 aromatic heterocycles. The standard InChI is InChI=1S/C21H20Cl2FN3O2S/c1-2-3-8-27-19(28)12-18(20(29)25-16-6-4-15(24)5-7-16)30-21(27)26-17-10-13(22)9-14(23)11-17/h4-7,9-11,18H,2-3,8,12H2,1H3,(H,25,29). The number of halogens is 3. The lowest BCUT2D eigenvalue weighted by atomic mass is 10.2. The normalized spacial score (nSPS) is 18.0. The number of amidine groups is 1. The number of amides is 2. The lowest BCUT2D eigenvalue weighted by molar-refractivity contribution is -0.129. The molecule has 0 radical (unpaired) electrons. The van der Waals surface area contributed by atoms with Gasteiger partial charge in [0.25, 0.3) is 0 Å². The SMILES string of the molecule is CCCCN1C(=O)CC(C(=O)Nc2ccc(F)cc2)SC1=Nc1cc(Cl)cc(Cl)c1. The third-order valence-electron chi connectivity index (χ3n) is 4.35. The van der Waals surface area contributed by atoms with Crippen molar-refractivity contribution >= 4 is 63.3 Å². The molecular weight excluding hydrogens is 448 g/mol. The van der Waals surface area contributed by atoms with Gasteiger partial charge in [0.15, 0.2) is 5.17 Å². The number of carbonyl (C=O) groups is 2. The molecule has 1 saturated heterocycles. The molecule has 2 aromatic carbocycles. The summed E-state index contributed by atoms with van der Waals surface area (Å²) in [5.41, 5.74) is 0.965. The zero-order valence-electron chi connectivity index (χ0n) is 16.2. The number of unbranched alkanes of at least 4 members (excludes halogenated alkanes) is 1. The van der Waals surface area contributed by atoms with Crippen LogP contribution in [0.5, 0.6) is 0 Å². The van der Waals surface area contributed by atoms with Gasteiger partial charge in [0.1, 0.15) is 11.1 Å². The van der Waals surface area contributed by atoms with E-state index in [0.717, 1.165) is 12.8 Å². The van der Waals surface area contributed by atoms with Crippen molar-refractivity contribution in [2.24, 2.45) is 4.99 Å². The Morgan fingerprint density at radius 3 is 2.53 bits per heavy atom. The topological polar surface area (TPSA) is 61.8 Å². The number of anilines is 1. The van der Waals surface area contributed by atoms with Gasteiger partial charge in [-0.2, -0.15) is 0 Å². The number of benzene rings is 2. The minimum atomic E-state index is -0.658.